The summed E-state index contributed by atoms with van der Waals surface area (Å²) in [6, 6.07) is 8.84. The second kappa shape index (κ2) is 9.08. The number of allylic oxidation sites excluding steroid dienone is 4. The third-order valence-corrected chi connectivity index (χ3v) is 3.51. The Morgan fingerprint density at radius 1 is 1.20 bits per heavy atom. The first-order chi connectivity index (χ1) is 9.74. The van der Waals surface area contributed by atoms with Gasteiger partial charge in [-0.2, -0.15) is 0 Å². The van der Waals surface area contributed by atoms with Gasteiger partial charge in [0.25, 0.3) is 0 Å². The summed E-state index contributed by atoms with van der Waals surface area (Å²) < 4.78 is 0. The zero-order valence-corrected chi connectivity index (χ0v) is 12.8. The van der Waals surface area contributed by atoms with E-state index in [1.54, 1.807) is 13.3 Å². The first-order valence-corrected chi connectivity index (χ1v) is 7.28. The molecule has 0 aliphatic rings. The van der Waals surface area contributed by atoms with Crippen molar-refractivity contribution in [1.29, 1.82) is 0 Å². The maximum Gasteiger partial charge on any atom is 0.0277 e. The van der Waals surface area contributed by atoms with Crippen molar-refractivity contribution >= 4 is 12.3 Å². The summed E-state index contributed by atoms with van der Waals surface area (Å²) in [7, 11) is 1.76. The largest absolute Gasteiger partial charge is 0.296 e. The summed E-state index contributed by atoms with van der Waals surface area (Å²) in [4.78, 5) is 3.95. The van der Waals surface area contributed by atoms with Crippen LogP contribution in [0.5, 0.6) is 0 Å². The van der Waals surface area contributed by atoms with Crippen LogP contribution in [-0.2, 0) is 0 Å². The average Bonchev–Trinajstić information content (AvgIpc) is 2.50. The molecule has 1 nitrogen and oxygen atoms in total. The van der Waals surface area contributed by atoms with Crippen molar-refractivity contribution in [3.8, 4) is 0 Å². The van der Waals surface area contributed by atoms with Gasteiger partial charge in [0, 0.05) is 13.3 Å². The minimum Gasteiger partial charge on any atom is -0.296 e. The standard InChI is InChI=1S/C19H25N/c1-5-16(14-15-20-4)8-9-17-10-12-19(13-11-17)18(6-2)7-3/h5,8-15,18H,1,6-7H2,2-4H3/b9-8+,16-14+,20-15?. The van der Waals surface area contributed by atoms with Crippen molar-refractivity contribution in [3.05, 3.63) is 65.8 Å². The summed E-state index contributed by atoms with van der Waals surface area (Å²) in [5.74, 6) is 0.678. The number of benzene rings is 1. The molecule has 1 aromatic rings. The van der Waals surface area contributed by atoms with Gasteiger partial charge in [0.05, 0.1) is 0 Å². The van der Waals surface area contributed by atoms with Crippen LogP contribution in [0, 0.1) is 0 Å². The molecule has 1 aromatic carbocycles. The molecule has 0 unspecified atom stereocenters. The molecule has 0 amide bonds. The quantitative estimate of drug-likeness (QED) is 0.462. The lowest BCUT2D eigenvalue weighted by molar-refractivity contribution is 0.642. The maximum atomic E-state index is 3.95. The molecule has 1 heteroatoms. The predicted octanol–water partition coefficient (Wildman–Crippen LogP) is 5.42. The van der Waals surface area contributed by atoms with Gasteiger partial charge in [-0.15, -0.1) is 0 Å². The molecule has 0 bridgehead atoms. The van der Waals surface area contributed by atoms with E-state index in [0.717, 1.165) is 5.57 Å². The van der Waals surface area contributed by atoms with Gasteiger partial charge in [-0.3, -0.25) is 4.99 Å². The van der Waals surface area contributed by atoms with Crippen LogP contribution in [0.3, 0.4) is 0 Å². The highest BCUT2D eigenvalue weighted by Crippen LogP contribution is 2.23. The highest BCUT2D eigenvalue weighted by molar-refractivity contribution is 5.74. The number of aliphatic imine (C=N–C) groups is 1. The lowest BCUT2D eigenvalue weighted by atomic mass is 9.93. The maximum absolute atomic E-state index is 3.95. The Balaban J connectivity index is 2.81. The fourth-order valence-electron chi connectivity index (χ4n) is 2.18. The van der Waals surface area contributed by atoms with E-state index in [0.29, 0.717) is 5.92 Å². The second-order valence-corrected chi connectivity index (χ2v) is 4.79. The SMILES string of the molecule is C=CC(/C=C/c1ccc(C(CC)CC)cc1)=C\C=NC. The van der Waals surface area contributed by atoms with E-state index in [4.69, 9.17) is 0 Å². The van der Waals surface area contributed by atoms with Crippen molar-refractivity contribution in [2.75, 3.05) is 7.05 Å². The van der Waals surface area contributed by atoms with Crippen LogP contribution in [0.15, 0.2) is 59.6 Å². The van der Waals surface area contributed by atoms with Gasteiger partial charge in [-0.05, 0) is 41.5 Å². The average molecular weight is 267 g/mol. The Morgan fingerprint density at radius 2 is 1.85 bits per heavy atom. The molecule has 0 atom stereocenters. The summed E-state index contributed by atoms with van der Waals surface area (Å²) in [6.45, 7) is 8.30. The van der Waals surface area contributed by atoms with Crippen molar-refractivity contribution in [1.82, 2.24) is 0 Å². The predicted molar refractivity (Wildman–Crippen MR) is 91.5 cm³/mol. The number of nitrogens with zero attached hydrogens (tertiary/aromatic N) is 1. The Morgan fingerprint density at radius 3 is 2.35 bits per heavy atom. The summed E-state index contributed by atoms with van der Waals surface area (Å²) in [5, 5.41) is 0. The topological polar surface area (TPSA) is 12.4 Å². The van der Waals surface area contributed by atoms with Crippen molar-refractivity contribution in [2.45, 2.75) is 32.6 Å². The van der Waals surface area contributed by atoms with Gasteiger partial charge in [-0.1, -0.05) is 62.9 Å². The van der Waals surface area contributed by atoms with Gasteiger partial charge in [0.2, 0.25) is 0 Å². The van der Waals surface area contributed by atoms with Crippen LogP contribution in [0.25, 0.3) is 6.08 Å². The van der Waals surface area contributed by atoms with Crippen LogP contribution in [0.2, 0.25) is 0 Å². The molecular weight excluding hydrogens is 242 g/mol. The van der Waals surface area contributed by atoms with Crippen LogP contribution in [-0.4, -0.2) is 13.3 Å². The Bertz CT molecular complexity index is 485. The monoisotopic (exact) mass is 267 g/mol. The molecule has 0 aliphatic heterocycles. The molecule has 0 N–H and O–H groups in total. The molecule has 0 spiro atoms. The highest BCUT2D eigenvalue weighted by Gasteiger charge is 2.05. The Kier molecular flexibility index (Phi) is 7.34. The molecule has 0 saturated carbocycles. The molecule has 106 valence electrons. The summed E-state index contributed by atoms with van der Waals surface area (Å²) in [5.41, 5.74) is 3.70. The van der Waals surface area contributed by atoms with Gasteiger partial charge in [0.15, 0.2) is 0 Å². The third kappa shape index (κ3) is 5.00. The Hall–Kier alpha value is -1.89. The smallest absolute Gasteiger partial charge is 0.0277 e. The number of hydrogen-bond donors (Lipinski definition) is 0. The molecule has 1 rings (SSSR count). The minimum absolute atomic E-state index is 0.678. The highest BCUT2D eigenvalue weighted by atomic mass is 14.6. The Labute approximate surface area is 123 Å². The minimum atomic E-state index is 0.678. The van der Waals surface area contributed by atoms with Crippen molar-refractivity contribution < 1.29 is 0 Å². The molecule has 0 heterocycles. The summed E-state index contributed by atoms with van der Waals surface area (Å²) >= 11 is 0. The van der Waals surface area contributed by atoms with Crippen LogP contribution < -0.4 is 0 Å². The first kappa shape index (κ1) is 16.2. The molecule has 0 aliphatic carbocycles. The fraction of sp³-hybridized carbons (Fsp3) is 0.316. The van der Waals surface area contributed by atoms with E-state index in [-0.39, 0.29) is 0 Å². The summed E-state index contributed by atoms with van der Waals surface area (Å²) in [6.07, 6.45) is 12.1. The normalized spacial score (nSPS) is 12.7. The molecule has 20 heavy (non-hydrogen) atoms. The van der Waals surface area contributed by atoms with Crippen LogP contribution in [0.4, 0.5) is 0 Å². The molecule has 0 aromatic heterocycles. The zero-order valence-electron chi connectivity index (χ0n) is 12.8. The van der Waals surface area contributed by atoms with Gasteiger partial charge in [0.1, 0.15) is 0 Å². The molecular formula is C19H25N. The van der Waals surface area contributed by atoms with E-state index < -0.39 is 0 Å². The lowest BCUT2D eigenvalue weighted by Crippen LogP contribution is -1.94. The fourth-order valence-corrected chi connectivity index (χ4v) is 2.18. The zero-order chi connectivity index (χ0) is 14.8. The third-order valence-electron chi connectivity index (χ3n) is 3.51. The van der Waals surface area contributed by atoms with E-state index in [2.05, 4.69) is 61.8 Å². The van der Waals surface area contributed by atoms with Crippen LogP contribution in [0.1, 0.15) is 43.7 Å². The van der Waals surface area contributed by atoms with Crippen LogP contribution >= 0.6 is 0 Å². The van der Waals surface area contributed by atoms with E-state index in [1.165, 1.54) is 24.0 Å². The van der Waals surface area contributed by atoms with E-state index in [9.17, 15) is 0 Å². The molecule has 0 saturated heterocycles. The van der Waals surface area contributed by atoms with E-state index >= 15 is 0 Å². The van der Waals surface area contributed by atoms with Gasteiger partial charge >= 0.3 is 0 Å². The van der Waals surface area contributed by atoms with Crippen molar-refractivity contribution in [2.24, 2.45) is 4.99 Å². The first-order valence-electron chi connectivity index (χ1n) is 7.28. The van der Waals surface area contributed by atoms with Crippen molar-refractivity contribution in [3.63, 3.8) is 0 Å². The van der Waals surface area contributed by atoms with E-state index in [1.807, 2.05) is 12.2 Å². The number of rotatable bonds is 7. The molecule has 0 radical (unpaired) electrons. The second-order valence-electron chi connectivity index (χ2n) is 4.79. The molecule has 0 fully saturated rings. The van der Waals surface area contributed by atoms with Gasteiger partial charge in [-0.25, -0.2) is 0 Å². The number of hydrogen-bond acceptors (Lipinski definition) is 1. The van der Waals surface area contributed by atoms with Gasteiger partial charge < -0.3 is 0 Å². The lowest BCUT2D eigenvalue weighted by Gasteiger charge is -2.12.